The number of nitrogens with zero attached hydrogens (tertiary/aromatic N) is 1. The molecule has 0 aromatic heterocycles. The van der Waals surface area contributed by atoms with Crippen molar-refractivity contribution in [3.63, 3.8) is 0 Å². The Kier molecular flexibility index (Phi) is 5.01. The van der Waals surface area contributed by atoms with Crippen LogP contribution in [0.15, 0.2) is 4.99 Å². The molecule has 1 atom stereocenters. The molecule has 5 nitrogen and oxygen atoms in total. The molecule has 1 aliphatic heterocycles. The number of ether oxygens (including phenoxy) is 2. The minimum absolute atomic E-state index is 0.0410. The molecule has 0 bridgehead atoms. The molecule has 0 saturated carbocycles. The predicted molar refractivity (Wildman–Crippen MR) is 52.1 cm³/mol. The van der Waals surface area contributed by atoms with Crippen molar-refractivity contribution in [3.05, 3.63) is 0 Å². The van der Waals surface area contributed by atoms with Gasteiger partial charge in [-0.1, -0.05) is 0 Å². The molecule has 0 N–H and O–H groups in total. The molecule has 1 heterocycles. The molecule has 1 rings (SSSR count). The van der Waals surface area contributed by atoms with E-state index < -0.39 is 12.0 Å². The summed E-state index contributed by atoms with van der Waals surface area (Å²) in [5.41, 5.74) is 0. The summed E-state index contributed by atoms with van der Waals surface area (Å²) < 4.78 is 10.0. The number of esters is 1. The number of carbonyl (C=O) groups is 1. The van der Waals surface area contributed by atoms with Crippen LogP contribution in [-0.4, -0.2) is 37.9 Å². The highest BCUT2D eigenvalue weighted by Gasteiger charge is 2.30. The molecule has 0 aromatic carbocycles. The molecule has 0 amide bonds. The Morgan fingerprint density at radius 1 is 1.60 bits per heavy atom. The van der Waals surface area contributed by atoms with Gasteiger partial charge in [0, 0.05) is 13.2 Å². The quantitative estimate of drug-likeness (QED) is 0.391. The standard InChI is InChI=1S/C10H15NO4/c1-2-15-10(13)9(11-7-12)8-3-5-14-6-4-8/h8-9H,2-6H2,1H3. The van der Waals surface area contributed by atoms with Crippen LogP contribution in [0.25, 0.3) is 0 Å². The Morgan fingerprint density at radius 2 is 2.27 bits per heavy atom. The predicted octanol–water partition coefficient (Wildman–Crippen LogP) is 0.681. The molecular formula is C10H15NO4. The summed E-state index contributed by atoms with van der Waals surface area (Å²) in [5.74, 6) is -0.396. The number of hydrogen-bond donors (Lipinski definition) is 0. The maximum absolute atomic E-state index is 11.5. The van der Waals surface area contributed by atoms with Crippen LogP contribution in [0.1, 0.15) is 19.8 Å². The van der Waals surface area contributed by atoms with E-state index in [1.807, 2.05) is 0 Å². The molecule has 0 aromatic rings. The Balaban J connectivity index is 2.62. The second-order valence-electron chi connectivity index (χ2n) is 3.37. The summed E-state index contributed by atoms with van der Waals surface area (Å²) in [6.07, 6.45) is 2.90. The van der Waals surface area contributed by atoms with E-state index in [0.29, 0.717) is 19.8 Å². The molecular weight excluding hydrogens is 198 g/mol. The topological polar surface area (TPSA) is 65.0 Å². The molecule has 0 aliphatic carbocycles. The van der Waals surface area contributed by atoms with Gasteiger partial charge in [0.2, 0.25) is 6.08 Å². The van der Waals surface area contributed by atoms with Crippen molar-refractivity contribution >= 4 is 12.0 Å². The molecule has 0 spiro atoms. The van der Waals surface area contributed by atoms with E-state index in [1.54, 1.807) is 6.92 Å². The van der Waals surface area contributed by atoms with E-state index in [9.17, 15) is 9.59 Å². The van der Waals surface area contributed by atoms with E-state index in [2.05, 4.69) is 4.99 Å². The fourth-order valence-corrected chi connectivity index (χ4v) is 1.67. The SMILES string of the molecule is CCOC(=O)C(N=C=O)C1CCOCC1. The molecule has 84 valence electrons. The fraction of sp³-hybridized carbons (Fsp3) is 0.800. The lowest BCUT2D eigenvalue weighted by molar-refractivity contribution is -0.146. The number of carbonyl (C=O) groups excluding carboxylic acids is 2. The van der Waals surface area contributed by atoms with Crippen LogP contribution >= 0.6 is 0 Å². The van der Waals surface area contributed by atoms with E-state index in [0.717, 1.165) is 12.8 Å². The van der Waals surface area contributed by atoms with Crippen molar-refractivity contribution in [1.29, 1.82) is 0 Å². The molecule has 1 unspecified atom stereocenters. The maximum Gasteiger partial charge on any atom is 0.332 e. The van der Waals surface area contributed by atoms with Crippen LogP contribution in [0.4, 0.5) is 0 Å². The maximum atomic E-state index is 11.5. The molecule has 0 radical (unpaired) electrons. The Morgan fingerprint density at radius 3 is 2.80 bits per heavy atom. The summed E-state index contributed by atoms with van der Waals surface area (Å²) in [4.78, 5) is 25.3. The fourth-order valence-electron chi connectivity index (χ4n) is 1.67. The molecule has 1 saturated heterocycles. The number of isocyanates is 1. The van der Waals surface area contributed by atoms with Gasteiger partial charge < -0.3 is 9.47 Å². The van der Waals surface area contributed by atoms with Gasteiger partial charge in [0.1, 0.15) is 0 Å². The smallest absolute Gasteiger partial charge is 0.332 e. The van der Waals surface area contributed by atoms with Gasteiger partial charge in [-0.25, -0.2) is 9.59 Å². The third-order valence-corrected chi connectivity index (χ3v) is 2.43. The van der Waals surface area contributed by atoms with Gasteiger partial charge in [0.15, 0.2) is 6.04 Å². The lowest BCUT2D eigenvalue weighted by Crippen LogP contribution is -2.33. The van der Waals surface area contributed by atoms with Crippen molar-refractivity contribution in [1.82, 2.24) is 0 Å². The third kappa shape index (κ3) is 3.46. The highest BCUT2D eigenvalue weighted by Crippen LogP contribution is 2.21. The molecule has 1 aliphatic rings. The molecule has 15 heavy (non-hydrogen) atoms. The monoisotopic (exact) mass is 213 g/mol. The van der Waals surface area contributed by atoms with Gasteiger partial charge in [-0.05, 0) is 25.7 Å². The largest absolute Gasteiger partial charge is 0.464 e. The summed E-state index contributed by atoms with van der Waals surface area (Å²) >= 11 is 0. The van der Waals surface area contributed by atoms with Gasteiger partial charge in [0.05, 0.1) is 6.61 Å². The van der Waals surface area contributed by atoms with Crippen molar-refractivity contribution in [2.24, 2.45) is 10.9 Å². The zero-order valence-electron chi connectivity index (χ0n) is 8.77. The highest BCUT2D eigenvalue weighted by atomic mass is 16.5. The number of rotatable bonds is 4. The average molecular weight is 213 g/mol. The number of aliphatic imine (C=N–C) groups is 1. The molecule has 5 heteroatoms. The van der Waals surface area contributed by atoms with E-state index in [4.69, 9.17) is 9.47 Å². The molecule has 1 fully saturated rings. The summed E-state index contributed by atoms with van der Waals surface area (Å²) in [5, 5.41) is 0. The van der Waals surface area contributed by atoms with Gasteiger partial charge in [-0.15, -0.1) is 0 Å². The first kappa shape index (κ1) is 11.9. The minimum Gasteiger partial charge on any atom is -0.464 e. The van der Waals surface area contributed by atoms with E-state index >= 15 is 0 Å². The zero-order chi connectivity index (χ0) is 11.1. The second kappa shape index (κ2) is 6.32. The Labute approximate surface area is 88.5 Å². The highest BCUT2D eigenvalue weighted by molar-refractivity contribution is 5.77. The van der Waals surface area contributed by atoms with Gasteiger partial charge in [-0.3, -0.25) is 0 Å². The first-order valence-electron chi connectivity index (χ1n) is 5.11. The summed E-state index contributed by atoms with van der Waals surface area (Å²) in [6, 6.07) is -0.702. The van der Waals surface area contributed by atoms with Gasteiger partial charge in [0.25, 0.3) is 0 Å². The van der Waals surface area contributed by atoms with Gasteiger partial charge in [-0.2, -0.15) is 4.99 Å². The first-order valence-corrected chi connectivity index (χ1v) is 5.11. The van der Waals surface area contributed by atoms with Crippen LogP contribution in [-0.2, 0) is 19.1 Å². The average Bonchev–Trinajstić information content (AvgIpc) is 2.27. The van der Waals surface area contributed by atoms with E-state index in [1.165, 1.54) is 6.08 Å². The van der Waals surface area contributed by atoms with Crippen LogP contribution in [0, 0.1) is 5.92 Å². The number of hydrogen-bond acceptors (Lipinski definition) is 5. The lowest BCUT2D eigenvalue weighted by atomic mass is 9.92. The van der Waals surface area contributed by atoms with E-state index in [-0.39, 0.29) is 5.92 Å². The normalized spacial score (nSPS) is 19.0. The van der Waals surface area contributed by atoms with Crippen LogP contribution < -0.4 is 0 Å². The zero-order valence-corrected chi connectivity index (χ0v) is 8.77. The second-order valence-corrected chi connectivity index (χ2v) is 3.37. The summed E-state index contributed by atoms with van der Waals surface area (Å²) in [6.45, 7) is 3.24. The van der Waals surface area contributed by atoms with Crippen LogP contribution in [0.3, 0.4) is 0 Å². The van der Waals surface area contributed by atoms with Crippen molar-refractivity contribution in [3.8, 4) is 0 Å². The van der Waals surface area contributed by atoms with Gasteiger partial charge >= 0.3 is 5.97 Å². The van der Waals surface area contributed by atoms with Crippen LogP contribution in [0.5, 0.6) is 0 Å². The Hall–Kier alpha value is -1.19. The third-order valence-electron chi connectivity index (χ3n) is 2.43. The lowest BCUT2D eigenvalue weighted by Gasteiger charge is -2.25. The summed E-state index contributed by atoms with van der Waals surface area (Å²) in [7, 11) is 0. The van der Waals surface area contributed by atoms with Crippen LogP contribution in [0.2, 0.25) is 0 Å². The van der Waals surface area contributed by atoms with Crippen molar-refractivity contribution in [2.75, 3.05) is 19.8 Å². The Bertz CT molecular complexity index is 254. The first-order chi connectivity index (χ1) is 7.29. The van der Waals surface area contributed by atoms with Crippen molar-refractivity contribution < 1.29 is 19.1 Å². The minimum atomic E-state index is -0.702. The van der Waals surface area contributed by atoms with Crippen molar-refractivity contribution in [2.45, 2.75) is 25.8 Å².